The van der Waals surface area contributed by atoms with Gasteiger partial charge in [0.05, 0.1) is 5.02 Å². The lowest BCUT2D eigenvalue weighted by Crippen LogP contribution is -2.12. The maximum atomic E-state index is 12.1. The van der Waals surface area contributed by atoms with E-state index in [2.05, 4.69) is 37.2 Å². The van der Waals surface area contributed by atoms with Gasteiger partial charge in [-0.3, -0.25) is 4.79 Å². The molecule has 0 saturated carbocycles. The van der Waals surface area contributed by atoms with Crippen molar-refractivity contribution >= 4 is 55.1 Å². The Bertz CT molecular complexity index is 643. The molecule has 0 spiro atoms. The van der Waals surface area contributed by atoms with Crippen LogP contribution in [0.1, 0.15) is 15.9 Å². The van der Waals surface area contributed by atoms with Crippen LogP contribution in [0, 0.1) is 6.92 Å². The number of anilines is 1. The number of nitrogens with one attached hydrogen (secondary N) is 1. The second-order valence-electron chi connectivity index (χ2n) is 4.00. The summed E-state index contributed by atoms with van der Waals surface area (Å²) in [5, 5.41) is 3.38. The van der Waals surface area contributed by atoms with E-state index in [0.29, 0.717) is 10.6 Å². The van der Waals surface area contributed by atoms with Gasteiger partial charge < -0.3 is 5.32 Å². The highest BCUT2D eigenvalue weighted by Crippen LogP contribution is 2.26. The maximum absolute atomic E-state index is 12.1. The number of carbonyl (C=O) groups is 1. The standard InChI is InChI=1S/C14H10Br2ClNO/c1-8-10(15)3-2-4-13(8)18-14(19)9-5-6-11(16)12(17)7-9/h2-7H,1H3,(H,18,19). The minimum Gasteiger partial charge on any atom is -0.322 e. The van der Waals surface area contributed by atoms with Crippen LogP contribution in [0.2, 0.25) is 5.02 Å². The van der Waals surface area contributed by atoms with Crippen LogP contribution in [0.25, 0.3) is 0 Å². The highest BCUT2D eigenvalue weighted by atomic mass is 79.9. The summed E-state index contributed by atoms with van der Waals surface area (Å²) >= 11 is 12.7. The summed E-state index contributed by atoms with van der Waals surface area (Å²) in [6.45, 7) is 1.94. The van der Waals surface area contributed by atoms with Crippen LogP contribution in [0.4, 0.5) is 5.69 Å². The molecule has 2 nitrogen and oxygen atoms in total. The Hall–Kier alpha value is -0.840. The van der Waals surface area contributed by atoms with Gasteiger partial charge >= 0.3 is 0 Å². The van der Waals surface area contributed by atoms with Crippen molar-refractivity contribution in [1.29, 1.82) is 0 Å². The predicted octanol–water partition coefficient (Wildman–Crippen LogP) is 5.43. The Kier molecular flexibility index (Phi) is 4.66. The van der Waals surface area contributed by atoms with Crippen LogP contribution in [0.15, 0.2) is 45.3 Å². The van der Waals surface area contributed by atoms with Crippen molar-refractivity contribution in [2.45, 2.75) is 6.92 Å². The van der Waals surface area contributed by atoms with E-state index >= 15 is 0 Å². The molecular weight excluding hydrogens is 393 g/mol. The predicted molar refractivity (Wildman–Crippen MR) is 86.0 cm³/mol. The van der Waals surface area contributed by atoms with Crippen molar-refractivity contribution in [3.05, 3.63) is 61.5 Å². The SMILES string of the molecule is Cc1c(Br)cccc1NC(=O)c1ccc(Br)c(Cl)c1. The molecule has 1 amide bonds. The molecular formula is C14H10Br2ClNO. The van der Waals surface area contributed by atoms with Crippen molar-refractivity contribution < 1.29 is 4.79 Å². The number of rotatable bonds is 2. The normalized spacial score (nSPS) is 10.3. The highest BCUT2D eigenvalue weighted by molar-refractivity contribution is 9.10. The van der Waals surface area contributed by atoms with Gasteiger partial charge in [-0.05, 0) is 58.7 Å². The number of hydrogen-bond acceptors (Lipinski definition) is 1. The van der Waals surface area contributed by atoms with Crippen molar-refractivity contribution in [2.75, 3.05) is 5.32 Å². The molecule has 0 aromatic heterocycles. The number of carbonyl (C=O) groups excluding carboxylic acids is 1. The van der Waals surface area contributed by atoms with Gasteiger partial charge in [0.2, 0.25) is 0 Å². The monoisotopic (exact) mass is 401 g/mol. The Balaban J connectivity index is 2.26. The van der Waals surface area contributed by atoms with E-state index in [9.17, 15) is 4.79 Å². The van der Waals surface area contributed by atoms with Crippen LogP contribution in [-0.4, -0.2) is 5.91 Å². The van der Waals surface area contributed by atoms with E-state index < -0.39 is 0 Å². The highest BCUT2D eigenvalue weighted by Gasteiger charge is 2.10. The van der Waals surface area contributed by atoms with Crippen molar-refractivity contribution in [1.82, 2.24) is 0 Å². The van der Waals surface area contributed by atoms with Crippen molar-refractivity contribution in [3.63, 3.8) is 0 Å². The Morgan fingerprint density at radius 1 is 1.16 bits per heavy atom. The lowest BCUT2D eigenvalue weighted by atomic mass is 10.1. The molecule has 0 aliphatic carbocycles. The van der Waals surface area contributed by atoms with Crippen LogP contribution in [0.5, 0.6) is 0 Å². The molecule has 0 saturated heterocycles. The zero-order valence-electron chi connectivity index (χ0n) is 10.0. The van der Waals surface area contributed by atoms with Crippen LogP contribution < -0.4 is 5.32 Å². The number of halogens is 3. The summed E-state index contributed by atoms with van der Waals surface area (Å²) in [5.41, 5.74) is 2.28. The molecule has 2 aromatic carbocycles. The van der Waals surface area contributed by atoms with Gasteiger partial charge in [-0.15, -0.1) is 0 Å². The second-order valence-corrected chi connectivity index (χ2v) is 6.11. The molecule has 0 fully saturated rings. The van der Waals surface area contributed by atoms with Gasteiger partial charge in [-0.2, -0.15) is 0 Å². The first-order chi connectivity index (χ1) is 8.99. The minimum absolute atomic E-state index is 0.185. The molecule has 98 valence electrons. The minimum atomic E-state index is -0.185. The topological polar surface area (TPSA) is 29.1 Å². The van der Waals surface area contributed by atoms with Gasteiger partial charge in [0.1, 0.15) is 0 Å². The molecule has 0 radical (unpaired) electrons. The molecule has 2 rings (SSSR count). The van der Waals surface area contributed by atoms with Crippen LogP contribution in [0.3, 0.4) is 0 Å². The van der Waals surface area contributed by atoms with E-state index in [4.69, 9.17) is 11.6 Å². The molecule has 5 heteroatoms. The number of benzene rings is 2. The lowest BCUT2D eigenvalue weighted by Gasteiger charge is -2.10. The lowest BCUT2D eigenvalue weighted by molar-refractivity contribution is 0.102. The molecule has 0 aliphatic rings. The fourth-order valence-corrected chi connectivity index (χ4v) is 2.37. The Morgan fingerprint density at radius 3 is 2.58 bits per heavy atom. The zero-order chi connectivity index (χ0) is 14.0. The fourth-order valence-electron chi connectivity index (χ4n) is 1.57. The van der Waals surface area contributed by atoms with Crippen molar-refractivity contribution in [3.8, 4) is 0 Å². The number of amides is 1. The van der Waals surface area contributed by atoms with Crippen molar-refractivity contribution in [2.24, 2.45) is 0 Å². The molecule has 19 heavy (non-hydrogen) atoms. The summed E-state index contributed by atoms with van der Waals surface area (Å²) in [6, 6.07) is 10.8. The van der Waals surface area contributed by atoms with Gasteiger partial charge in [0.15, 0.2) is 0 Å². The first-order valence-corrected chi connectivity index (χ1v) is 7.47. The first-order valence-electron chi connectivity index (χ1n) is 5.50. The molecule has 1 N–H and O–H groups in total. The first kappa shape index (κ1) is 14.6. The van der Waals surface area contributed by atoms with Crippen LogP contribution >= 0.6 is 43.5 Å². The molecule has 0 atom stereocenters. The zero-order valence-corrected chi connectivity index (χ0v) is 13.9. The van der Waals surface area contributed by atoms with Gasteiger partial charge in [-0.25, -0.2) is 0 Å². The Labute approximate surface area is 133 Å². The van der Waals surface area contributed by atoms with E-state index in [1.165, 1.54) is 0 Å². The summed E-state index contributed by atoms with van der Waals surface area (Å²) in [4.78, 5) is 12.1. The third-order valence-electron chi connectivity index (χ3n) is 2.70. The van der Waals surface area contributed by atoms with E-state index in [0.717, 1.165) is 20.2 Å². The summed E-state index contributed by atoms with van der Waals surface area (Å²) in [5.74, 6) is -0.185. The summed E-state index contributed by atoms with van der Waals surface area (Å²) in [6.07, 6.45) is 0. The molecule has 0 bridgehead atoms. The average molecular weight is 404 g/mol. The van der Waals surface area contributed by atoms with Gasteiger partial charge in [-0.1, -0.05) is 33.6 Å². The molecule has 0 heterocycles. The third kappa shape index (κ3) is 3.38. The fraction of sp³-hybridized carbons (Fsp3) is 0.0714. The molecule has 0 aliphatic heterocycles. The summed E-state index contributed by atoms with van der Waals surface area (Å²) < 4.78 is 1.73. The van der Waals surface area contributed by atoms with E-state index in [1.807, 2.05) is 25.1 Å². The largest absolute Gasteiger partial charge is 0.322 e. The molecule has 0 unspecified atom stereocenters. The van der Waals surface area contributed by atoms with Gasteiger partial charge in [0.25, 0.3) is 5.91 Å². The number of hydrogen-bond donors (Lipinski definition) is 1. The van der Waals surface area contributed by atoms with Gasteiger partial charge in [0, 0.05) is 20.2 Å². The Morgan fingerprint density at radius 2 is 1.89 bits per heavy atom. The third-order valence-corrected chi connectivity index (χ3v) is 4.79. The van der Waals surface area contributed by atoms with E-state index in [-0.39, 0.29) is 5.91 Å². The van der Waals surface area contributed by atoms with E-state index in [1.54, 1.807) is 18.2 Å². The second kappa shape index (κ2) is 6.07. The average Bonchev–Trinajstić information content (AvgIpc) is 2.38. The smallest absolute Gasteiger partial charge is 0.255 e. The summed E-state index contributed by atoms with van der Waals surface area (Å²) in [7, 11) is 0. The van der Waals surface area contributed by atoms with Crippen LogP contribution in [-0.2, 0) is 0 Å². The quantitative estimate of drug-likeness (QED) is 0.712. The maximum Gasteiger partial charge on any atom is 0.255 e. The molecule has 2 aromatic rings.